The lowest BCUT2D eigenvalue weighted by atomic mass is 10.0. The maximum absolute atomic E-state index is 13.2. The normalized spacial score (nSPS) is 15.9. The number of hydrogen-bond donors (Lipinski definition) is 0. The molecule has 33 heavy (non-hydrogen) atoms. The standard InChI is InChI=1S/C23H22BrN4O5/c1-28-26-23(25-27-28)14-7-5-13(6-8-14)22(32-4)21(29)17-10-9-16(33-17)15-11-18(30-2)20(24)19(12-15)31-3/h5-12,22-23H,1-4H3/q+1. The van der Waals surface area contributed by atoms with Crippen molar-refractivity contribution in [2.75, 3.05) is 28.4 Å². The Hall–Kier alpha value is -3.37. The number of ketones is 1. The molecule has 2 atom stereocenters. The fourth-order valence-electron chi connectivity index (χ4n) is 3.47. The summed E-state index contributed by atoms with van der Waals surface area (Å²) in [6.07, 6.45) is -1.20. The van der Waals surface area contributed by atoms with Crippen LogP contribution in [0.2, 0.25) is 0 Å². The Balaban J connectivity index is 1.58. The van der Waals surface area contributed by atoms with E-state index in [1.807, 2.05) is 24.3 Å². The van der Waals surface area contributed by atoms with Crippen molar-refractivity contribution in [3.8, 4) is 22.8 Å². The average Bonchev–Trinajstić information content (AvgIpc) is 3.50. The van der Waals surface area contributed by atoms with Gasteiger partial charge in [0.2, 0.25) is 5.78 Å². The van der Waals surface area contributed by atoms with Crippen LogP contribution < -0.4 is 9.47 Å². The maximum atomic E-state index is 13.2. The third-order valence-corrected chi connectivity index (χ3v) is 5.94. The summed E-state index contributed by atoms with van der Waals surface area (Å²) in [5.41, 5.74) is 2.27. The van der Waals surface area contributed by atoms with E-state index < -0.39 is 6.10 Å². The molecule has 2 unspecified atom stereocenters. The van der Waals surface area contributed by atoms with Gasteiger partial charge in [-0.2, -0.15) is 0 Å². The lowest BCUT2D eigenvalue weighted by Gasteiger charge is -2.14. The molecule has 2 heterocycles. The van der Waals surface area contributed by atoms with Crippen molar-refractivity contribution in [3.63, 3.8) is 0 Å². The van der Waals surface area contributed by atoms with Crippen molar-refractivity contribution in [1.82, 2.24) is 0 Å². The number of halogens is 1. The molecular formula is C23H22BrN4O5+. The van der Waals surface area contributed by atoms with Crippen molar-refractivity contribution in [1.29, 1.82) is 0 Å². The minimum Gasteiger partial charge on any atom is -0.495 e. The minimum atomic E-state index is -0.822. The van der Waals surface area contributed by atoms with Gasteiger partial charge < -0.3 is 18.6 Å². The summed E-state index contributed by atoms with van der Waals surface area (Å²) in [5.74, 6) is 1.57. The number of carbonyl (C=O) groups is 1. The van der Waals surface area contributed by atoms with Crippen LogP contribution in [0.25, 0.3) is 11.3 Å². The molecule has 0 N–H and O–H groups in total. The van der Waals surface area contributed by atoms with Crippen molar-refractivity contribution in [2.45, 2.75) is 12.3 Å². The van der Waals surface area contributed by atoms with E-state index in [1.54, 1.807) is 45.5 Å². The second-order valence-electron chi connectivity index (χ2n) is 7.19. The van der Waals surface area contributed by atoms with Gasteiger partial charge in [-0.3, -0.25) is 4.79 Å². The molecule has 0 bridgehead atoms. The van der Waals surface area contributed by atoms with E-state index in [9.17, 15) is 4.79 Å². The predicted octanol–water partition coefficient (Wildman–Crippen LogP) is 5.77. The Bertz CT molecular complexity index is 1210. The summed E-state index contributed by atoms with van der Waals surface area (Å²) in [6, 6.07) is 14.3. The number of nitrogens with zero attached hydrogens (tertiary/aromatic N) is 4. The molecule has 4 rings (SSSR count). The summed E-state index contributed by atoms with van der Waals surface area (Å²) < 4.78 is 22.9. The van der Waals surface area contributed by atoms with E-state index in [0.29, 0.717) is 32.9 Å². The van der Waals surface area contributed by atoms with Gasteiger partial charge in [-0.15, -0.1) is 0 Å². The summed E-state index contributed by atoms with van der Waals surface area (Å²) in [7, 11) is 6.34. The van der Waals surface area contributed by atoms with Crippen LogP contribution in [0.5, 0.6) is 11.5 Å². The third-order valence-electron chi connectivity index (χ3n) is 5.16. The second-order valence-corrected chi connectivity index (χ2v) is 7.98. The number of benzene rings is 2. The number of azo groups is 1. The molecular weight excluding hydrogens is 492 g/mol. The molecule has 0 spiro atoms. The summed E-state index contributed by atoms with van der Waals surface area (Å²) in [6.45, 7) is 0. The number of hydrogen-bond acceptors (Lipinski definition) is 8. The molecule has 0 amide bonds. The van der Waals surface area contributed by atoms with Crippen molar-refractivity contribution >= 4 is 21.7 Å². The van der Waals surface area contributed by atoms with Gasteiger partial charge in [0.25, 0.3) is 0 Å². The van der Waals surface area contributed by atoms with Crippen LogP contribution >= 0.6 is 15.9 Å². The molecule has 9 nitrogen and oxygen atoms in total. The van der Waals surface area contributed by atoms with E-state index >= 15 is 0 Å². The number of Topliss-reactive ketones (excluding diaryl/α,β-unsaturated/α-hetero) is 1. The van der Waals surface area contributed by atoms with Crippen molar-refractivity contribution in [2.24, 2.45) is 15.5 Å². The van der Waals surface area contributed by atoms with Crippen LogP contribution in [-0.4, -0.2) is 39.0 Å². The highest BCUT2D eigenvalue weighted by molar-refractivity contribution is 9.10. The summed E-state index contributed by atoms with van der Waals surface area (Å²) in [4.78, 5) is 14.6. The molecule has 3 aromatic rings. The molecule has 1 aliphatic heterocycles. The van der Waals surface area contributed by atoms with Gasteiger partial charge in [0.05, 0.1) is 19.3 Å². The number of methoxy groups -OCH3 is 3. The molecule has 0 fully saturated rings. The SMILES string of the molecule is COc1cc(-c2ccc(C(=O)C(OC)c3ccc(C4N=N[N+](C)=N4)cc3)o2)cc(OC)c1Br. The van der Waals surface area contributed by atoms with Gasteiger partial charge in [-0.05, 0) is 55.7 Å². The molecule has 2 aromatic carbocycles. The second kappa shape index (κ2) is 9.63. The zero-order valence-corrected chi connectivity index (χ0v) is 20.1. The largest absolute Gasteiger partial charge is 0.495 e. The van der Waals surface area contributed by atoms with Crippen molar-refractivity contribution in [3.05, 3.63) is 69.9 Å². The summed E-state index contributed by atoms with van der Waals surface area (Å²) >= 11 is 3.45. The first kappa shape index (κ1) is 22.8. The minimum absolute atomic E-state index is 0.183. The quantitative estimate of drug-likeness (QED) is 0.281. The number of ether oxygens (including phenoxy) is 3. The van der Waals surface area contributed by atoms with E-state index in [4.69, 9.17) is 18.6 Å². The molecule has 170 valence electrons. The first-order valence-electron chi connectivity index (χ1n) is 9.99. The fraction of sp³-hybridized carbons (Fsp3) is 0.261. The zero-order valence-electron chi connectivity index (χ0n) is 18.5. The topological polar surface area (TPSA) is 98.0 Å². The number of furan rings is 1. The smallest absolute Gasteiger partial charge is 0.320 e. The zero-order chi connectivity index (χ0) is 23.5. The Morgan fingerprint density at radius 1 is 1.06 bits per heavy atom. The van der Waals surface area contributed by atoms with Gasteiger partial charge in [0.1, 0.15) is 34.9 Å². The Kier molecular flexibility index (Phi) is 6.66. The molecule has 0 radical (unpaired) electrons. The Morgan fingerprint density at radius 3 is 2.27 bits per heavy atom. The van der Waals surface area contributed by atoms with Crippen molar-refractivity contribution < 1.29 is 28.2 Å². The molecule has 10 heteroatoms. The van der Waals surface area contributed by atoms with E-state index in [-0.39, 0.29) is 17.7 Å². The van der Waals surface area contributed by atoms with Crippen LogP contribution in [0.1, 0.15) is 34.0 Å². The van der Waals surface area contributed by atoms with E-state index in [1.165, 1.54) is 11.9 Å². The highest BCUT2D eigenvalue weighted by atomic mass is 79.9. The average molecular weight is 514 g/mol. The number of carbonyl (C=O) groups excluding carboxylic acids is 1. The summed E-state index contributed by atoms with van der Waals surface area (Å²) in [5, 5.41) is 12.2. The molecule has 1 aliphatic rings. The van der Waals surface area contributed by atoms with Gasteiger partial charge in [0, 0.05) is 18.2 Å². The lowest BCUT2D eigenvalue weighted by Crippen LogP contribution is -2.14. The van der Waals surface area contributed by atoms with Crippen LogP contribution in [-0.2, 0) is 4.74 Å². The molecule has 1 aromatic heterocycles. The third kappa shape index (κ3) is 4.57. The van der Waals surface area contributed by atoms with Crippen LogP contribution in [0.3, 0.4) is 0 Å². The molecule has 0 saturated carbocycles. The predicted molar refractivity (Wildman–Crippen MR) is 122 cm³/mol. The van der Waals surface area contributed by atoms with E-state index in [0.717, 1.165) is 5.56 Å². The van der Waals surface area contributed by atoms with Crippen LogP contribution in [0.4, 0.5) is 0 Å². The molecule has 0 saturated heterocycles. The van der Waals surface area contributed by atoms with Gasteiger partial charge in [-0.25, -0.2) is 0 Å². The monoisotopic (exact) mass is 513 g/mol. The highest BCUT2D eigenvalue weighted by Crippen LogP contribution is 2.39. The first-order chi connectivity index (χ1) is 15.9. The van der Waals surface area contributed by atoms with Crippen LogP contribution in [0, 0.1) is 0 Å². The fourth-order valence-corrected chi connectivity index (χ4v) is 4.02. The molecule has 0 aliphatic carbocycles. The van der Waals surface area contributed by atoms with Gasteiger partial charge >= 0.3 is 6.17 Å². The van der Waals surface area contributed by atoms with Gasteiger partial charge in [0.15, 0.2) is 11.0 Å². The number of rotatable bonds is 8. The Labute approximate surface area is 198 Å². The van der Waals surface area contributed by atoms with Crippen LogP contribution in [0.15, 0.2) is 72.9 Å². The van der Waals surface area contributed by atoms with E-state index in [2.05, 4.69) is 31.4 Å². The highest BCUT2D eigenvalue weighted by Gasteiger charge is 2.27. The Morgan fingerprint density at radius 2 is 1.73 bits per heavy atom. The lowest BCUT2D eigenvalue weighted by molar-refractivity contribution is -0.570. The maximum Gasteiger partial charge on any atom is 0.320 e. The van der Waals surface area contributed by atoms with Gasteiger partial charge in [-0.1, -0.05) is 24.3 Å². The first-order valence-corrected chi connectivity index (χ1v) is 10.8.